The molecule has 3 fully saturated rings. The molecule has 8 heteroatoms. The third-order valence-corrected chi connectivity index (χ3v) is 8.96. The molecule has 0 aromatic rings. The molecule has 0 aromatic carbocycles. The van der Waals surface area contributed by atoms with Crippen LogP contribution < -0.4 is 0 Å². The van der Waals surface area contributed by atoms with Crippen molar-refractivity contribution in [2.75, 3.05) is 19.7 Å². The number of amides is 2. The summed E-state index contributed by atoms with van der Waals surface area (Å²) in [5, 5.41) is 19.5. The molecule has 3 rings (SSSR count). The summed E-state index contributed by atoms with van der Waals surface area (Å²) in [7, 11) is 0. The number of carbonyl (C=O) groups is 3. The van der Waals surface area contributed by atoms with Crippen molar-refractivity contribution in [3.8, 4) is 0 Å². The van der Waals surface area contributed by atoms with Crippen LogP contribution in [0.25, 0.3) is 0 Å². The van der Waals surface area contributed by atoms with Gasteiger partial charge in [0.05, 0.1) is 29.2 Å². The average Bonchev–Trinajstić information content (AvgIpc) is 3.27. The Morgan fingerprint density at radius 3 is 2.72 bits per heavy atom. The predicted octanol–water partition coefficient (Wildman–Crippen LogP) is 1.60. The Balaban J connectivity index is 2.08. The molecule has 3 saturated heterocycles. The first-order chi connectivity index (χ1) is 13.8. The maximum Gasteiger partial charge on any atom is 0.308 e. The molecule has 29 heavy (non-hydrogen) atoms. The van der Waals surface area contributed by atoms with Crippen LogP contribution in [0.4, 0.5) is 0 Å². The maximum atomic E-state index is 13.8. The third kappa shape index (κ3) is 3.19. The highest BCUT2D eigenvalue weighted by atomic mass is 32.2. The van der Waals surface area contributed by atoms with E-state index in [0.717, 1.165) is 12.8 Å². The van der Waals surface area contributed by atoms with Crippen molar-refractivity contribution in [3.63, 3.8) is 0 Å². The first kappa shape index (κ1) is 22.2. The van der Waals surface area contributed by atoms with Crippen LogP contribution in [0, 0.1) is 17.8 Å². The minimum Gasteiger partial charge on any atom is -0.481 e. The van der Waals surface area contributed by atoms with Gasteiger partial charge in [0, 0.05) is 18.3 Å². The number of fused-ring (bicyclic) bond motifs is 1. The molecular weight excluding hydrogens is 392 g/mol. The molecule has 3 aliphatic rings. The van der Waals surface area contributed by atoms with E-state index in [0.29, 0.717) is 19.5 Å². The topological polar surface area (TPSA) is 98.2 Å². The number of nitrogens with zero attached hydrogens (tertiary/aromatic N) is 2. The summed E-state index contributed by atoms with van der Waals surface area (Å²) in [4.78, 5) is 42.6. The number of hydrogen-bond acceptors (Lipinski definition) is 5. The van der Waals surface area contributed by atoms with Crippen molar-refractivity contribution in [1.82, 2.24) is 9.80 Å². The fourth-order valence-electron chi connectivity index (χ4n) is 5.55. The zero-order valence-corrected chi connectivity index (χ0v) is 18.2. The molecule has 0 radical (unpaired) electrons. The second-order valence-corrected chi connectivity index (χ2v) is 10.1. The molecule has 2 amide bonds. The zero-order chi connectivity index (χ0) is 21.5. The predicted molar refractivity (Wildman–Crippen MR) is 111 cm³/mol. The smallest absolute Gasteiger partial charge is 0.308 e. The Kier molecular flexibility index (Phi) is 6.34. The fraction of sp³-hybridized carbons (Fsp3) is 0.762. The fourth-order valence-corrected chi connectivity index (χ4v) is 7.95. The van der Waals surface area contributed by atoms with Crippen LogP contribution >= 0.6 is 11.8 Å². The Bertz CT molecular complexity index is 701. The van der Waals surface area contributed by atoms with Crippen LogP contribution in [0.15, 0.2) is 12.7 Å². The summed E-state index contributed by atoms with van der Waals surface area (Å²) in [5.41, 5.74) is 0. The Morgan fingerprint density at radius 1 is 1.48 bits per heavy atom. The minimum absolute atomic E-state index is 0.0450. The van der Waals surface area contributed by atoms with Gasteiger partial charge in [0.15, 0.2) is 0 Å². The number of likely N-dealkylation sites (tertiary alicyclic amines) is 1. The molecule has 1 spiro atoms. The summed E-state index contributed by atoms with van der Waals surface area (Å²) in [5.74, 6) is -2.87. The van der Waals surface area contributed by atoms with Crippen LogP contribution in [-0.4, -0.2) is 79.6 Å². The van der Waals surface area contributed by atoms with Crippen LogP contribution in [-0.2, 0) is 14.4 Å². The number of thioether (sulfide) groups is 1. The zero-order valence-electron chi connectivity index (χ0n) is 17.4. The molecule has 0 aliphatic carbocycles. The molecule has 0 aromatic heterocycles. The summed E-state index contributed by atoms with van der Waals surface area (Å²) in [6.45, 7) is 10.3. The Labute approximate surface area is 176 Å². The quantitative estimate of drug-likeness (QED) is 0.546. The summed E-state index contributed by atoms with van der Waals surface area (Å²) >= 11 is 1.53. The Hall–Kier alpha value is -1.54. The van der Waals surface area contributed by atoms with E-state index in [4.69, 9.17) is 0 Å². The molecule has 2 N–H and O–H groups in total. The van der Waals surface area contributed by atoms with Gasteiger partial charge in [-0.05, 0) is 25.7 Å². The van der Waals surface area contributed by atoms with Gasteiger partial charge in [-0.2, -0.15) is 0 Å². The first-order valence-electron chi connectivity index (χ1n) is 10.5. The minimum atomic E-state index is -0.965. The van der Waals surface area contributed by atoms with Crippen molar-refractivity contribution < 1.29 is 24.6 Å². The number of unbranched alkanes of at least 4 members (excludes halogenated alkanes) is 1. The van der Waals surface area contributed by atoms with Gasteiger partial charge in [-0.25, -0.2) is 0 Å². The molecule has 3 heterocycles. The number of aliphatic hydroxyl groups excluding tert-OH is 1. The lowest BCUT2D eigenvalue weighted by Gasteiger charge is -2.41. The molecule has 0 saturated carbocycles. The van der Waals surface area contributed by atoms with Gasteiger partial charge in [0.25, 0.3) is 0 Å². The lowest BCUT2D eigenvalue weighted by molar-refractivity contribution is -0.149. The van der Waals surface area contributed by atoms with E-state index >= 15 is 0 Å². The highest BCUT2D eigenvalue weighted by Gasteiger charge is 2.76. The standard InChI is InChI=1S/C21H32N2O5S/c1-5-7-9-22(8-6-2)19(26)17-21-12(3)10-14(29-21)15(20(27)28)16(21)18(25)23(17)13(4)11-24/h6,12-17,24H,2,5,7-11H2,1,3-4H3,(H,27,28)/t12?,13-,14+,15-,16+,17?,21?/m1/s1. The van der Waals surface area contributed by atoms with Crippen LogP contribution in [0.1, 0.15) is 40.0 Å². The molecule has 7 nitrogen and oxygen atoms in total. The largest absolute Gasteiger partial charge is 0.481 e. The second kappa shape index (κ2) is 8.30. The van der Waals surface area contributed by atoms with Crippen molar-refractivity contribution >= 4 is 29.5 Å². The van der Waals surface area contributed by atoms with Crippen molar-refractivity contribution in [3.05, 3.63) is 12.7 Å². The Morgan fingerprint density at radius 2 is 2.17 bits per heavy atom. The summed E-state index contributed by atoms with van der Waals surface area (Å²) < 4.78 is -0.753. The van der Waals surface area contributed by atoms with Gasteiger partial charge in [-0.3, -0.25) is 14.4 Å². The highest BCUT2D eigenvalue weighted by Crippen LogP contribution is 2.68. The SMILES string of the molecule is C=CCN(CCCC)C(=O)C1N([C@H](C)CO)C(=O)[C@@H]2[C@H](C(=O)O)[C@@H]3CC(C)C12S3. The third-order valence-electron chi connectivity index (χ3n) is 6.88. The van der Waals surface area contributed by atoms with E-state index in [-0.39, 0.29) is 29.6 Å². The maximum absolute atomic E-state index is 13.8. The van der Waals surface area contributed by atoms with E-state index in [9.17, 15) is 24.6 Å². The van der Waals surface area contributed by atoms with E-state index < -0.39 is 34.6 Å². The molecule has 2 bridgehead atoms. The number of carboxylic acid groups (broad SMARTS) is 1. The van der Waals surface area contributed by atoms with Gasteiger partial charge in [0.1, 0.15) is 6.04 Å². The average molecular weight is 425 g/mol. The van der Waals surface area contributed by atoms with E-state index in [1.54, 1.807) is 17.9 Å². The lowest BCUT2D eigenvalue weighted by atomic mass is 9.66. The molecule has 3 unspecified atom stereocenters. The van der Waals surface area contributed by atoms with Gasteiger partial charge in [-0.15, -0.1) is 18.3 Å². The number of hydrogen-bond donors (Lipinski definition) is 2. The first-order valence-corrected chi connectivity index (χ1v) is 11.4. The number of carbonyl (C=O) groups excluding carboxylic acids is 2. The van der Waals surface area contributed by atoms with Gasteiger partial charge in [0.2, 0.25) is 11.8 Å². The second-order valence-electron chi connectivity index (χ2n) is 8.59. The van der Waals surface area contributed by atoms with E-state index in [1.165, 1.54) is 16.7 Å². The molecule has 7 atom stereocenters. The lowest BCUT2D eigenvalue weighted by Crippen LogP contribution is -2.58. The summed E-state index contributed by atoms with van der Waals surface area (Å²) in [6, 6.07) is -1.30. The van der Waals surface area contributed by atoms with Crippen LogP contribution in [0.5, 0.6) is 0 Å². The highest BCUT2D eigenvalue weighted by molar-refractivity contribution is 8.02. The van der Waals surface area contributed by atoms with Crippen molar-refractivity contribution in [2.24, 2.45) is 17.8 Å². The molecular formula is C21H32N2O5S. The van der Waals surface area contributed by atoms with Gasteiger partial charge < -0.3 is 20.0 Å². The number of carboxylic acids is 1. The molecule has 162 valence electrons. The van der Waals surface area contributed by atoms with Crippen molar-refractivity contribution in [2.45, 2.75) is 62.1 Å². The molecule has 3 aliphatic heterocycles. The number of aliphatic carboxylic acids is 1. The monoisotopic (exact) mass is 424 g/mol. The number of rotatable bonds is 9. The van der Waals surface area contributed by atoms with E-state index in [1.807, 2.05) is 6.92 Å². The summed E-state index contributed by atoms with van der Waals surface area (Å²) in [6.07, 6.45) is 4.15. The number of aliphatic hydroxyl groups is 1. The van der Waals surface area contributed by atoms with Gasteiger partial charge >= 0.3 is 5.97 Å². The van der Waals surface area contributed by atoms with Gasteiger partial charge in [-0.1, -0.05) is 26.3 Å². The van der Waals surface area contributed by atoms with Crippen molar-refractivity contribution in [1.29, 1.82) is 0 Å². The normalized spacial score (nSPS) is 36.2. The van der Waals surface area contributed by atoms with E-state index in [2.05, 4.69) is 13.5 Å². The van der Waals surface area contributed by atoms with Crippen LogP contribution in [0.2, 0.25) is 0 Å². The van der Waals surface area contributed by atoms with Crippen LogP contribution in [0.3, 0.4) is 0 Å².